The van der Waals surface area contributed by atoms with Crippen molar-refractivity contribution in [2.75, 3.05) is 6.79 Å². The standard InChI is InChI=1S/C16H21NO3/c1-16(2,3)15(18)17(12-5-6-12)9-11-4-7-13-14(8-11)20-10-19-13/h4,7-8,12H,5-6,9-10H2,1-3H3. The summed E-state index contributed by atoms with van der Waals surface area (Å²) in [5, 5.41) is 0. The van der Waals surface area contributed by atoms with Crippen molar-refractivity contribution in [3.63, 3.8) is 0 Å². The van der Waals surface area contributed by atoms with Gasteiger partial charge in [-0.3, -0.25) is 4.79 Å². The Hall–Kier alpha value is -1.71. The van der Waals surface area contributed by atoms with Crippen LogP contribution in [0, 0.1) is 5.41 Å². The van der Waals surface area contributed by atoms with Gasteiger partial charge in [-0.25, -0.2) is 0 Å². The average Bonchev–Trinajstić information content (AvgIpc) is 3.12. The molecule has 0 radical (unpaired) electrons. The molecule has 1 aliphatic carbocycles. The normalized spacial score (nSPS) is 17.1. The Morgan fingerprint density at radius 1 is 1.25 bits per heavy atom. The van der Waals surface area contributed by atoms with Crippen LogP contribution in [0.4, 0.5) is 0 Å². The van der Waals surface area contributed by atoms with Crippen LogP contribution >= 0.6 is 0 Å². The summed E-state index contributed by atoms with van der Waals surface area (Å²) in [4.78, 5) is 14.6. The molecule has 108 valence electrons. The molecule has 0 aromatic heterocycles. The van der Waals surface area contributed by atoms with Crippen molar-refractivity contribution in [2.24, 2.45) is 5.41 Å². The second kappa shape index (κ2) is 4.69. The number of rotatable bonds is 3. The maximum absolute atomic E-state index is 12.6. The Bertz CT molecular complexity index is 529. The molecule has 4 heteroatoms. The van der Waals surface area contributed by atoms with E-state index in [1.807, 2.05) is 43.9 Å². The van der Waals surface area contributed by atoms with Gasteiger partial charge in [0.15, 0.2) is 11.5 Å². The van der Waals surface area contributed by atoms with E-state index in [4.69, 9.17) is 9.47 Å². The molecule has 0 saturated heterocycles. The number of hydrogen-bond donors (Lipinski definition) is 0. The zero-order chi connectivity index (χ0) is 14.3. The van der Waals surface area contributed by atoms with Gasteiger partial charge in [0, 0.05) is 18.0 Å². The zero-order valence-electron chi connectivity index (χ0n) is 12.3. The van der Waals surface area contributed by atoms with E-state index in [-0.39, 0.29) is 18.1 Å². The van der Waals surface area contributed by atoms with E-state index in [1.165, 1.54) is 0 Å². The molecule has 0 N–H and O–H groups in total. The van der Waals surface area contributed by atoms with Crippen LogP contribution in [0.3, 0.4) is 0 Å². The van der Waals surface area contributed by atoms with Gasteiger partial charge in [-0.1, -0.05) is 26.8 Å². The first-order chi connectivity index (χ1) is 9.45. The molecule has 3 rings (SSSR count). The van der Waals surface area contributed by atoms with E-state index in [0.29, 0.717) is 12.6 Å². The Balaban J connectivity index is 1.78. The van der Waals surface area contributed by atoms with Gasteiger partial charge in [0.05, 0.1) is 0 Å². The van der Waals surface area contributed by atoms with Crippen LogP contribution in [-0.2, 0) is 11.3 Å². The van der Waals surface area contributed by atoms with Crippen LogP contribution in [0.1, 0.15) is 39.2 Å². The van der Waals surface area contributed by atoms with E-state index < -0.39 is 0 Å². The van der Waals surface area contributed by atoms with Crippen molar-refractivity contribution in [1.29, 1.82) is 0 Å². The molecule has 0 unspecified atom stereocenters. The second-order valence-electron chi connectivity index (χ2n) is 6.60. The molecule has 1 aromatic carbocycles. The highest BCUT2D eigenvalue weighted by atomic mass is 16.7. The number of hydrogen-bond acceptors (Lipinski definition) is 3. The lowest BCUT2D eigenvalue weighted by molar-refractivity contribution is -0.140. The molecule has 1 amide bonds. The summed E-state index contributed by atoms with van der Waals surface area (Å²) in [5.74, 6) is 1.79. The third kappa shape index (κ3) is 2.60. The molecule has 0 spiro atoms. The van der Waals surface area contributed by atoms with Crippen molar-refractivity contribution >= 4 is 5.91 Å². The fourth-order valence-corrected chi connectivity index (χ4v) is 2.42. The van der Waals surface area contributed by atoms with Crippen LogP contribution < -0.4 is 9.47 Å². The summed E-state index contributed by atoms with van der Waals surface area (Å²) in [6.07, 6.45) is 2.23. The zero-order valence-corrected chi connectivity index (χ0v) is 12.3. The molecular formula is C16H21NO3. The molecule has 2 aliphatic rings. The number of amides is 1. The predicted molar refractivity (Wildman–Crippen MR) is 75.6 cm³/mol. The topological polar surface area (TPSA) is 38.8 Å². The van der Waals surface area contributed by atoms with Crippen molar-refractivity contribution in [1.82, 2.24) is 4.90 Å². The molecule has 1 saturated carbocycles. The molecule has 20 heavy (non-hydrogen) atoms. The van der Waals surface area contributed by atoms with E-state index in [2.05, 4.69) is 0 Å². The van der Waals surface area contributed by atoms with Crippen molar-refractivity contribution in [3.8, 4) is 11.5 Å². The van der Waals surface area contributed by atoms with Crippen molar-refractivity contribution < 1.29 is 14.3 Å². The Kier molecular flexibility index (Phi) is 3.11. The average molecular weight is 275 g/mol. The van der Waals surface area contributed by atoms with Gasteiger partial charge in [0.25, 0.3) is 0 Å². The van der Waals surface area contributed by atoms with E-state index in [0.717, 1.165) is 29.9 Å². The van der Waals surface area contributed by atoms with Crippen molar-refractivity contribution in [3.05, 3.63) is 23.8 Å². The van der Waals surface area contributed by atoms with Crippen LogP contribution in [0.15, 0.2) is 18.2 Å². The summed E-state index contributed by atoms with van der Waals surface area (Å²) in [6, 6.07) is 6.32. The molecular weight excluding hydrogens is 254 g/mol. The second-order valence-corrected chi connectivity index (χ2v) is 6.60. The number of nitrogens with zero attached hydrogens (tertiary/aromatic N) is 1. The predicted octanol–water partition coefficient (Wildman–Crippen LogP) is 2.95. The fourth-order valence-electron chi connectivity index (χ4n) is 2.42. The third-order valence-corrected chi connectivity index (χ3v) is 3.68. The minimum atomic E-state index is -0.334. The smallest absolute Gasteiger partial charge is 0.231 e. The summed E-state index contributed by atoms with van der Waals surface area (Å²) in [6.45, 7) is 6.86. The van der Waals surface area contributed by atoms with Crippen molar-refractivity contribution in [2.45, 2.75) is 46.2 Å². The highest BCUT2D eigenvalue weighted by Gasteiger charge is 2.37. The molecule has 1 aliphatic heterocycles. The summed E-state index contributed by atoms with van der Waals surface area (Å²) in [7, 11) is 0. The first kappa shape index (κ1) is 13.3. The van der Waals surface area contributed by atoms with Crippen LogP contribution in [0.25, 0.3) is 0 Å². The maximum Gasteiger partial charge on any atom is 0.231 e. The fraction of sp³-hybridized carbons (Fsp3) is 0.562. The lowest BCUT2D eigenvalue weighted by Crippen LogP contribution is -2.40. The minimum Gasteiger partial charge on any atom is -0.454 e. The molecule has 0 atom stereocenters. The Morgan fingerprint density at radius 3 is 2.60 bits per heavy atom. The van der Waals surface area contributed by atoms with Gasteiger partial charge in [-0.2, -0.15) is 0 Å². The first-order valence-corrected chi connectivity index (χ1v) is 7.15. The molecule has 1 aromatic rings. The summed E-state index contributed by atoms with van der Waals surface area (Å²) >= 11 is 0. The summed E-state index contributed by atoms with van der Waals surface area (Å²) < 4.78 is 10.7. The third-order valence-electron chi connectivity index (χ3n) is 3.68. The largest absolute Gasteiger partial charge is 0.454 e. The van der Waals surface area contributed by atoms with Gasteiger partial charge >= 0.3 is 0 Å². The van der Waals surface area contributed by atoms with Gasteiger partial charge < -0.3 is 14.4 Å². The van der Waals surface area contributed by atoms with Gasteiger partial charge in [-0.15, -0.1) is 0 Å². The molecule has 4 nitrogen and oxygen atoms in total. The molecule has 1 heterocycles. The van der Waals surface area contributed by atoms with E-state index in [1.54, 1.807) is 0 Å². The van der Waals surface area contributed by atoms with E-state index in [9.17, 15) is 4.79 Å². The monoisotopic (exact) mass is 275 g/mol. The first-order valence-electron chi connectivity index (χ1n) is 7.15. The summed E-state index contributed by atoms with van der Waals surface area (Å²) in [5.41, 5.74) is 0.762. The lowest BCUT2D eigenvalue weighted by atomic mass is 9.94. The van der Waals surface area contributed by atoms with Gasteiger partial charge in [0.2, 0.25) is 12.7 Å². The maximum atomic E-state index is 12.6. The SMILES string of the molecule is CC(C)(C)C(=O)N(Cc1ccc2c(c1)OCO2)C1CC1. The Morgan fingerprint density at radius 2 is 1.95 bits per heavy atom. The number of carbonyl (C=O) groups excluding carboxylic acids is 1. The van der Waals surface area contributed by atoms with E-state index >= 15 is 0 Å². The number of ether oxygens (including phenoxy) is 2. The van der Waals surface area contributed by atoms with Crippen LogP contribution in [0.2, 0.25) is 0 Å². The van der Waals surface area contributed by atoms with Crippen LogP contribution in [-0.4, -0.2) is 23.6 Å². The highest BCUT2D eigenvalue weighted by molar-refractivity contribution is 5.82. The number of fused-ring (bicyclic) bond motifs is 1. The Labute approximate surface area is 119 Å². The molecule has 1 fully saturated rings. The molecule has 0 bridgehead atoms. The van der Waals surface area contributed by atoms with Gasteiger partial charge in [0.1, 0.15) is 0 Å². The van der Waals surface area contributed by atoms with Gasteiger partial charge in [-0.05, 0) is 30.5 Å². The minimum absolute atomic E-state index is 0.220. The number of carbonyl (C=O) groups is 1. The van der Waals surface area contributed by atoms with Crippen LogP contribution in [0.5, 0.6) is 11.5 Å². The quantitative estimate of drug-likeness (QED) is 0.851. The lowest BCUT2D eigenvalue weighted by Gasteiger charge is -2.29. The number of benzene rings is 1. The highest BCUT2D eigenvalue weighted by Crippen LogP contribution is 2.35.